The number of anilines is 3. The predicted molar refractivity (Wildman–Crippen MR) is 211 cm³/mol. The van der Waals surface area contributed by atoms with Crippen molar-refractivity contribution in [1.82, 2.24) is 4.57 Å². The second kappa shape index (κ2) is 12.5. The zero-order valence-corrected chi connectivity index (χ0v) is 27.6. The van der Waals surface area contributed by atoms with Crippen molar-refractivity contribution in [1.29, 1.82) is 0 Å². The number of fused-ring (bicyclic) bond motifs is 5. The number of para-hydroxylation sites is 4. The van der Waals surface area contributed by atoms with Gasteiger partial charge in [0.1, 0.15) is 0 Å². The van der Waals surface area contributed by atoms with Crippen molar-refractivity contribution >= 4 is 70.4 Å². The highest BCUT2D eigenvalue weighted by molar-refractivity contribution is 7.23. The van der Waals surface area contributed by atoms with Crippen LogP contribution in [0.3, 0.4) is 0 Å². The first-order chi connectivity index (χ1) is 24.3. The Bertz CT molecular complexity index is 2600. The van der Waals surface area contributed by atoms with Gasteiger partial charge in [0.2, 0.25) is 0 Å². The van der Waals surface area contributed by atoms with Crippen LogP contribution in [0.5, 0.6) is 0 Å². The molecule has 2 nitrogen and oxygen atoms in total. The highest BCUT2D eigenvalue weighted by Gasteiger charge is 2.13. The molecule has 1 heterocycles. The summed E-state index contributed by atoms with van der Waals surface area (Å²) in [5, 5.41) is 4.95. The molecule has 9 aromatic rings. The molecule has 0 aliphatic carbocycles. The summed E-state index contributed by atoms with van der Waals surface area (Å²) >= 11 is 1.83. The van der Waals surface area contributed by atoms with Crippen LogP contribution in [0.1, 0.15) is 0 Å². The number of rotatable bonds is 5. The molecule has 49 heavy (non-hydrogen) atoms. The Morgan fingerprint density at radius 1 is 0.429 bits per heavy atom. The van der Waals surface area contributed by atoms with E-state index >= 15 is 0 Å². The summed E-state index contributed by atoms with van der Waals surface area (Å²) in [5.41, 5.74) is 9.18. The molecule has 9 rings (SSSR count). The lowest BCUT2D eigenvalue weighted by Crippen LogP contribution is -2.09. The number of hydrogen-bond acceptors (Lipinski definition) is 2. The van der Waals surface area contributed by atoms with E-state index in [0.29, 0.717) is 0 Å². The third-order valence-corrected chi connectivity index (χ3v) is 10.3. The second-order valence-corrected chi connectivity index (χ2v) is 13.3. The molecule has 1 aromatic heterocycles. The second-order valence-electron chi connectivity index (χ2n) is 12.2. The van der Waals surface area contributed by atoms with Gasteiger partial charge in [-0.3, -0.25) is 0 Å². The van der Waals surface area contributed by atoms with Crippen molar-refractivity contribution in [2.75, 3.05) is 4.90 Å². The first-order valence-electron chi connectivity index (χ1n) is 16.6. The van der Waals surface area contributed by atoms with Crippen LogP contribution in [0.4, 0.5) is 17.1 Å². The first-order valence-corrected chi connectivity index (χ1v) is 17.4. The van der Waals surface area contributed by atoms with Gasteiger partial charge < -0.3 is 9.47 Å². The lowest BCUT2D eigenvalue weighted by molar-refractivity contribution is 1.17. The van der Waals surface area contributed by atoms with Gasteiger partial charge in [0, 0.05) is 43.1 Å². The van der Waals surface area contributed by atoms with Crippen LogP contribution in [0.2, 0.25) is 0 Å². The maximum absolute atomic E-state index is 2.40. The normalized spacial score (nSPS) is 11.3. The van der Waals surface area contributed by atoms with Crippen LogP contribution >= 0.6 is 11.3 Å². The van der Waals surface area contributed by atoms with E-state index in [1.54, 1.807) is 0 Å². The van der Waals surface area contributed by atoms with Gasteiger partial charge in [0.15, 0.2) is 0 Å². The molecule has 0 fully saturated rings. The van der Waals surface area contributed by atoms with E-state index in [0.717, 1.165) is 33.8 Å². The highest BCUT2D eigenvalue weighted by Crippen LogP contribution is 2.38. The molecular weight excluding hydrogens is 613 g/mol. The third-order valence-electron chi connectivity index (χ3n) is 9.22. The van der Waals surface area contributed by atoms with Gasteiger partial charge in [-0.1, -0.05) is 115 Å². The van der Waals surface area contributed by atoms with Crippen molar-refractivity contribution < 1.29 is 0 Å². The summed E-state index contributed by atoms with van der Waals surface area (Å²) in [6.45, 7) is 0. The standard InChI is InChI=1S/C46H32N2S/c1-4-14-35(15-5-1)47(36-16-6-2-7-17-36)38-26-23-34(24-27-38)41-30-28-39-31-46(41)49-40-29-25-33-13-12-21-42(44(33)32-40)43-20-10-11-22-45(43)48(39)37-18-8-3-9-19-37/h1-32H. The minimum absolute atomic E-state index is 1.12. The minimum atomic E-state index is 1.12. The number of aromatic nitrogens is 1. The molecule has 0 amide bonds. The fourth-order valence-electron chi connectivity index (χ4n) is 6.94. The van der Waals surface area contributed by atoms with Crippen molar-refractivity contribution in [3.8, 4) is 16.8 Å². The van der Waals surface area contributed by atoms with Crippen LogP contribution in [0.15, 0.2) is 194 Å². The van der Waals surface area contributed by atoms with E-state index in [1.165, 1.54) is 42.1 Å². The summed E-state index contributed by atoms with van der Waals surface area (Å²) < 4.78 is 4.83. The highest BCUT2D eigenvalue weighted by atomic mass is 32.1. The molecular formula is C46H32N2S. The van der Waals surface area contributed by atoms with Crippen LogP contribution in [0, 0.1) is 0 Å². The van der Waals surface area contributed by atoms with Crippen LogP contribution in [0.25, 0.3) is 58.8 Å². The van der Waals surface area contributed by atoms with Crippen molar-refractivity contribution in [3.05, 3.63) is 194 Å². The molecule has 0 saturated carbocycles. The Morgan fingerprint density at radius 2 is 1.06 bits per heavy atom. The van der Waals surface area contributed by atoms with Crippen molar-refractivity contribution in [3.63, 3.8) is 0 Å². The van der Waals surface area contributed by atoms with Crippen LogP contribution in [-0.2, 0) is 0 Å². The van der Waals surface area contributed by atoms with Gasteiger partial charge in [0.25, 0.3) is 0 Å². The monoisotopic (exact) mass is 644 g/mol. The average Bonchev–Trinajstić information content (AvgIpc) is 3.18. The van der Waals surface area contributed by atoms with Crippen molar-refractivity contribution in [2.45, 2.75) is 0 Å². The molecule has 8 aromatic carbocycles. The molecule has 232 valence electrons. The molecule has 0 aliphatic rings. The van der Waals surface area contributed by atoms with E-state index in [-0.39, 0.29) is 0 Å². The van der Waals surface area contributed by atoms with E-state index in [1.807, 2.05) is 11.3 Å². The summed E-state index contributed by atoms with van der Waals surface area (Å²) in [6.07, 6.45) is 0. The van der Waals surface area contributed by atoms with E-state index < -0.39 is 0 Å². The summed E-state index contributed by atoms with van der Waals surface area (Å²) in [4.78, 5) is 2.31. The Morgan fingerprint density at radius 3 is 1.80 bits per heavy atom. The lowest BCUT2D eigenvalue weighted by Gasteiger charge is -2.25. The van der Waals surface area contributed by atoms with Gasteiger partial charge >= 0.3 is 0 Å². The lowest BCUT2D eigenvalue weighted by atomic mass is 10.0. The summed E-state index contributed by atoms with van der Waals surface area (Å²) in [7, 11) is 0. The third kappa shape index (κ3) is 5.41. The SMILES string of the molecule is c1ccc(N(c2ccccc2)c2ccc(-c3ccc4cc3sc3ccc5cccc(c5c3)c3ccccc3n4-c3ccccc3)cc2)cc1. The molecule has 0 N–H and O–H groups in total. The number of benzene rings is 8. The van der Waals surface area contributed by atoms with Gasteiger partial charge in [-0.2, -0.15) is 0 Å². The van der Waals surface area contributed by atoms with Crippen molar-refractivity contribution in [2.24, 2.45) is 0 Å². The Hall–Kier alpha value is -6.16. The largest absolute Gasteiger partial charge is 0.311 e. The van der Waals surface area contributed by atoms with E-state index in [9.17, 15) is 0 Å². The number of nitrogens with zero attached hydrogens (tertiary/aromatic N) is 2. The molecule has 0 unspecified atom stereocenters. The maximum Gasteiger partial charge on any atom is 0.0540 e. The molecule has 0 aliphatic heterocycles. The van der Waals surface area contributed by atoms with Gasteiger partial charge in [-0.25, -0.2) is 0 Å². The van der Waals surface area contributed by atoms with E-state index in [2.05, 4.69) is 204 Å². The Kier molecular flexibility index (Phi) is 7.38. The first kappa shape index (κ1) is 29.0. The number of hydrogen-bond donors (Lipinski definition) is 0. The zero-order chi connectivity index (χ0) is 32.6. The molecule has 0 radical (unpaired) electrons. The summed E-state index contributed by atoms with van der Waals surface area (Å²) in [6, 6.07) is 70.1. The van der Waals surface area contributed by atoms with Crippen LogP contribution in [-0.4, -0.2) is 4.57 Å². The van der Waals surface area contributed by atoms with E-state index in [4.69, 9.17) is 0 Å². The topological polar surface area (TPSA) is 8.17 Å². The minimum Gasteiger partial charge on any atom is -0.311 e. The quantitative estimate of drug-likeness (QED) is 0.181. The molecule has 0 saturated heterocycles. The molecule has 3 heteroatoms. The van der Waals surface area contributed by atoms with Gasteiger partial charge in [-0.15, -0.1) is 11.3 Å². The zero-order valence-electron chi connectivity index (χ0n) is 26.8. The predicted octanol–water partition coefficient (Wildman–Crippen LogP) is 13.4. The molecule has 4 bridgehead atoms. The van der Waals surface area contributed by atoms with Gasteiger partial charge in [-0.05, 0) is 106 Å². The van der Waals surface area contributed by atoms with Crippen LogP contribution < -0.4 is 4.90 Å². The Balaban J connectivity index is 1.30. The smallest absolute Gasteiger partial charge is 0.0540 e. The molecule has 0 spiro atoms. The maximum atomic E-state index is 2.40. The molecule has 0 atom stereocenters. The summed E-state index contributed by atoms with van der Waals surface area (Å²) in [5.74, 6) is 0. The average molecular weight is 645 g/mol. The fraction of sp³-hybridized carbons (Fsp3) is 0. The fourth-order valence-corrected chi connectivity index (χ4v) is 7.98. The Labute approximate surface area is 289 Å². The van der Waals surface area contributed by atoms with Gasteiger partial charge in [0.05, 0.1) is 5.52 Å².